The molecule has 0 aliphatic carbocycles. The average Bonchev–Trinajstić information content (AvgIpc) is 3.21. The van der Waals surface area contributed by atoms with E-state index in [1.807, 2.05) is 6.92 Å². The second-order valence-corrected chi connectivity index (χ2v) is 11.8. The molecular formula is C25H28FN7O2S. The van der Waals surface area contributed by atoms with Crippen LogP contribution < -0.4 is 15.4 Å². The predicted octanol–water partition coefficient (Wildman–Crippen LogP) is 5.35. The Morgan fingerprint density at radius 3 is 2.36 bits per heavy atom. The van der Waals surface area contributed by atoms with Crippen molar-refractivity contribution in [1.29, 1.82) is 0 Å². The van der Waals surface area contributed by atoms with E-state index in [0.29, 0.717) is 34.0 Å². The van der Waals surface area contributed by atoms with Crippen molar-refractivity contribution < 1.29 is 12.8 Å². The van der Waals surface area contributed by atoms with Gasteiger partial charge in [0.2, 0.25) is 16.0 Å². The number of rotatable bonds is 7. The Kier molecular flexibility index (Phi) is 6.68. The quantitative estimate of drug-likeness (QED) is 0.308. The van der Waals surface area contributed by atoms with Crippen LogP contribution in [-0.4, -0.2) is 32.9 Å². The maximum absolute atomic E-state index is 14.7. The van der Waals surface area contributed by atoms with Crippen molar-refractivity contribution in [3.8, 4) is 11.1 Å². The summed E-state index contributed by atoms with van der Waals surface area (Å²) in [5.41, 5.74) is 3.48. The van der Waals surface area contributed by atoms with Gasteiger partial charge in [0, 0.05) is 47.5 Å². The van der Waals surface area contributed by atoms with E-state index in [9.17, 15) is 12.8 Å². The van der Waals surface area contributed by atoms with Crippen LogP contribution in [0.4, 0.5) is 33.2 Å². The zero-order valence-electron chi connectivity index (χ0n) is 20.7. The molecule has 0 saturated carbocycles. The molecule has 0 aliphatic heterocycles. The summed E-state index contributed by atoms with van der Waals surface area (Å²) in [6.07, 6.45) is 5.00. The van der Waals surface area contributed by atoms with Gasteiger partial charge in [-0.15, -0.1) is 0 Å². The summed E-state index contributed by atoms with van der Waals surface area (Å²) in [4.78, 5) is 8.81. The highest BCUT2D eigenvalue weighted by atomic mass is 32.2. The summed E-state index contributed by atoms with van der Waals surface area (Å²) >= 11 is 0. The minimum Gasteiger partial charge on any atom is -0.340 e. The van der Waals surface area contributed by atoms with Crippen LogP contribution in [-0.2, 0) is 17.1 Å². The van der Waals surface area contributed by atoms with Gasteiger partial charge in [0.25, 0.3) is 0 Å². The zero-order valence-corrected chi connectivity index (χ0v) is 21.5. The molecule has 188 valence electrons. The van der Waals surface area contributed by atoms with Gasteiger partial charge >= 0.3 is 0 Å². The number of halogens is 1. The Labute approximate surface area is 209 Å². The Balaban J connectivity index is 1.52. The molecule has 2 aromatic heterocycles. The first-order valence-corrected chi connectivity index (χ1v) is 12.7. The van der Waals surface area contributed by atoms with Gasteiger partial charge in [-0.25, -0.2) is 17.8 Å². The lowest BCUT2D eigenvalue weighted by Gasteiger charge is -2.20. The number of nitrogens with one attached hydrogen (secondary N) is 3. The molecule has 0 bridgehead atoms. The fraction of sp³-hybridized carbons (Fsp3) is 0.240. The van der Waals surface area contributed by atoms with Crippen molar-refractivity contribution >= 4 is 38.9 Å². The topological polar surface area (TPSA) is 114 Å². The SMILES string of the molecule is Cc1cnc(Nc2ccc(-c3cnn(C)c3)c(F)c2)nc1Nc1cccc(NS(=O)(=O)C(C)(C)C)c1. The number of hydrogen-bond acceptors (Lipinski definition) is 7. The van der Waals surface area contributed by atoms with Crippen LogP contribution in [0.15, 0.2) is 61.1 Å². The highest BCUT2D eigenvalue weighted by molar-refractivity contribution is 7.94. The first kappa shape index (κ1) is 25.1. The van der Waals surface area contributed by atoms with Crippen LogP contribution in [0.3, 0.4) is 0 Å². The highest BCUT2D eigenvalue weighted by Crippen LogP contribution is 2.28. The van der Waals surface area contributed by atoms with Crippen molar-refractivity contribution in [2.24, 2.45) is 7.05 Å². The molecule has 0 radical (unpaired) electrons. The molecular weight excluding hydrogens is 481 g/mol. The van der Waals surface area contributed by atoms with E-state index < -0.39 is 20.6 Å². The van der Waals surface area contributed by atoms with Crippen LogP contribution in [0.2, 0.25) is 0 Å². The van der Waals surface area contributed by atoms with Gasteiger partial charge in [0.15, 0.2) is 0 Å². The molecule has 0 atom stereocenters. The molecule has 2 aromatic carbocycles. The normalized spacial score (nSPS) is 11.8. The smallest absolute Gasteiger partial charge is 0.237 e. The standard InChI is InChI=1S/C25H28FN7O2S/c1-16-13-27-24(30-19-9-10-21(22(26)12-19)17-14-28-33(5)15-17)31-23(16)29-18-7-6-8-20(11-18)32-36(34,35)25(2,3)4/h6-15,32H,1-5H3,(H2,27,29,30,31). The third kappa shape index (κ3) is 5.62. The Bertz CT molecular complexity index is 1510. The van der Waals surface area contributed by atoms with Crippen LogP contribution >= 0.6 is 0 Å². The predicted molar refractivity (Wildman–Crippen MR) is 141 cm³/mol. The number of aromatic nitrogens is 4. The molecule has 4 rings (SSSR count). The Morgan fingerprint density at radius 1 is 0.972 bits per heavy atom. The number of aryl methyl sites for hydroxylation is 2. The molecule has 2 heterocycles. The third-order valence-corrected chi connectivity index (χ3v) is 7.51. The maximum atomic E-state index is 14.7. The van der Waals surface area contributed by atoms with Gasteiger partial charge in [0.1, 0.15) is 11.6 Å². The summed E-state index contributed by atoms with van der Waals surface area (Å²) < 4.78 is 43.0. The second-order valence-electron chi connectivity index (χ2n) is 9.37. The molecule has 0 fully saturated rings. The summed E-state index contributed by atoms with van der Waals surface area (Å²) in [5.74, 6) is 0.407. The summed E-state index contributed by atoms with van der Waals surface area (Å²) in [6, 6.07) is 11.7. The molecule has 0 saturated heterocycles. The first-order chi connectivity index (χ1) is 16.9. The number of hydrogen-bond donors (Lipinski definition) is 3. The molecule has 9 nitrogen and oxygen atoms in total. The van der Waals surface area contributed by atoms with Crippen LogP contribution in [0.25, 0.3) is 11.1 Å². The molecule has 0 spiro atoms. The maximum Gasteiger partial charge on any atom is 0.237 e. The summed E-state index contributed by atoms with van der Waals surface area (Å²) in [5, 5.41) is 10.3. The van der Waals surface area contributed by atoms with Crippen LogP contribution in [0.1, 0.15) is 26.3 Å². The average molecular weight is 510 g/mol. The van der Waals surface area contributed by atoms with E-state index >= 15 is 0 Å². The monoisotopic (exact) mass is 509 g/mol. The minimum atomic E-state index is -3.56. The third-order valence-electron chi connectivity index (χ3n) is 5.40. The number of sulfonamides is 1. The van der Waals surface area contributed by atoms with E-state index in [4.69, 9.17) is 0 Å². The lowest BCUT2D eigenvalue weighted by Crippen LogP contribution is -2.33. The number of anilines is 5. The molecule has 4 aromatic rings. The minimum absolute atomic E-state index is 0.279. The van der Waals surface area contributed by atoms with E-state index in [1.165, 1.54) is 6.07 Å². The van der Waals surface area contributed by atoms with Gasteiger partial charge in [-0.05, 0) is 64.1 Å². The Hall–Kier alpha value is -3.99. The molecule has 36 heavy (non-hydrogen) atoms. The first-order valence-electron chi connectivity index (χ1n) is 11.2. The second kappa shape index (κ2) is 9.57. The van der Waals surface area contributed by atoms with E-state index in [-0.39, 0.29) is 5.95 Å². The fourth-order valence-electron chi connectivity index (χ4n) is 3.25. The van der Waals surface area contributed by atoms with Crippen molar-refractivity contribution in [3.63, 3.8) is 0 Å². The number of benzene rings is 2. The van der Waals surface area contributed by atoms with Crippen molar-refractivity contribution in [2.75, 3.05) is 15.4 Å². The van der Waals surface area contributed by atoms with Crippen molar-refractivity contribution in [2.45, 2.75) is 32.4 Å². The van der Waals surface area contributed by atoms with E-state index in [0.717, 1.165) is 5.56 Å². The van der Waals surface area contributed by atoms with Crippen LogP contribution in [0.5, 0.6) is 0 Å². The van der Waals surface area contributed by atoms with Crippen molar-refractivity contribution in [1.82, 2.24) is 19.7 Å². The molecule has 11 heteroatoms. The summed E-state index contributed by atoms with van der Waals surface area (Å²) in [6.45, 7) is 6.75. The molecule has 3 N–H and O–H groups in total. The van der Waals surface area contributed by atoms with Gasteiger partial charge in [-0.1, -0.05) is 6.07 Å². The van der Waals surface area contributed by atoms with E-state index in [2.05, 4.69) is 30.4 Å². The molecule has 0 amide bonds. The molecule has 0 aliphatic rings. The van der Waals surface area contributed by atoms with Crippen LogP contribution in [0, 0.1) is 12.7 Å². The van der Waals surface area contributed by atoms with Crippen molar-refractivity contribution in [3.05, 3.63) is 72.4 Å². The van der Waals surface area contributed by atoms with Gasteiger partial charge in [-0.3, -0.25) is 9.40 Å². The van der Waals surface area contributed by atoms with Gasteiger partial charge < -0.3 is 10.6 Å². The molecule has 0 unspecified atom stereocenters. The largest absolute Gasteiger partial charge is 0.340 e. The lowest BCUT2D eigenvalue weighted by molar-refractivity contribution is 0.566. The summed E-state index contributed by atoms with van der Waals surface area (Å²) in [7, 11) is -1.79. The van der Waals surface area contributed by atoms with Gasteiger partial charge in [0.05, 0.1) is 16.6 Å². The lowest BCUT2D eigenvalue weighted by atomic mass is 10.1. The van der Waals surface area contributed by atoms with Gasteiger partial charge in [-0.2, -0.15) is 10.1 Å². The number of nitrogens with zero attached hydrogens (tertiary/aromatic N) is 4. The fourth-order valence-corrected chi connectivity index (χ4v) is 3.99. The zero-order chi connectivity index (χ0) is 26.1. The van der Waals surface area contributed by atoms with E-state index in [1.54, 1.807) is 87.5 Å². The highest BCUT2D eigenvalue weighted by Gasteiger charge is 2.28. The Morgan fingerprint density at radius 2 is 1.69 bits per heavy atom.